The maximum absolute atomic E-state index is 13.0. The zero-order chi connectivity index (χ0) is 14.8. The van der Waals surface area contributed by atoms with Crippen molar-refractivity contribution in [1.29, 1.82) is 0 Å². The second kappa shape index (κ2) is 5.78. The van der Waals surface area contributed by atoms with Crippen molar-refractivity contribution in [1.82, 2.24) is 10.4 Å². The van der Waals surface area contributed by atoms with Crippen LogP contribution in [0.1, 0.15) is 22.0 Å². The van der Waals surface area contributed by atoms with Gasteiger partial charge in [0.15, 0.2) is 0 Å². The highest BCUT2D eigenvalue weighted by atomic mass is 32.1. The highest BCUT2D eigenvalue weighted by Crippen LogP contribution is 2.39. The third-order valence-electron chi connectivity index (χ3n) is 2.77. The molecule has 2 aromatic rings. The lowest BCUT2D eigenvalue weighted by Crippen LogP contribution is -2.30. The number of nitrogens with zero attached hydrogens (tertiary/aromatic N) is 1. The Morgan fingerprint density at radius 1 is 1.40 bits per heavy atom. The number of thiophene rings is 1. The molecule has 8 heteroatoms. The molecular formula is C12H12F3N3OS. The van der Waals surface area contributed by atoms with Gasteiger partial charge < -0.3 is 4.74 Å². The minimum atomic E-state index is -4.47. The van der Waals surface area contributed by atoms with Gasteiger partial charge in [0.2, 0.25) is 0 Å². The maximum atomic E-state index is 13.0. The SMILES string of the molecule is COc1ccsc1C(NN)c1cnccc1C(F)(F)F. The number of ether oxygens (including phenoxy) is 1. The highest BCUT2D eigenvalue weighted by molar-refractivity contribution is 7.10. The van der Waals surface area contributed by atoms with Gasteiger partial charge in [-0.1, -0.05) is 0 Å². The summed E-state index contributed by atoms with van der Waals surface area (Å²) in [6.07, 6.45) is -2.21. The molecule has 0 spiro atoms. The molecule has 20 heavy (non-hydrogen) atoms. The first-order chi connectivity index (χ1) is 9.49. The molecule has 0 aromatic carbocycles. The van der Waals surface area contributed by atoms with Crippen LogP contribution in [0.25, 0.3) is 0 Å². The average molecular weight is 303 g/mol. The molecule has 3 N–H and O–H groups in total. The molecular weight excluding hydrogens is 291 g/mol. The number of rotatable bonds is 4. The van der Waals surface area contributed by atoms with Crippen LogP contribution in [-0.2, 0) is 6.18 Å². The van der Waals surface area contributed by atoms with Crippen molar-refractivity contribution in [3.8, 4) is 5.75 Å². The molecule has 2 rings (SSSR count). The Morgan fingerprint density at radius 2 is 2.15 bits per heavy atom. The van der Waals surface area contributed by atoms with E-state index in [1.165, 1.54) is 18.4 Å². The number of alkyl halides is 3. The molecule has 2 aromatic heterocycles. The highest BCUT2D eigenvalue weighted by Gasteiger charge is 2.36. The van der Waals surface area contributed by atoms with E-state index in [9.17, 15) is 13.2 Å². The Hall–Kier alpha value is -1.64. The second-order valence-electron chi connectivity index (χ2n) is 3.91. The summed E-state index contributed by atoms with van der Waals surface area (Å²) in [6, 6.07) is 1.77. The summed E-state index contributed by atoms with van der Waals surface area (Å²) in [5, 5.41) is 1.72. The number of nitrogens with one attached hydrogen (secondary N) is 1. The fourth-order valence-corrected chi connectivity index (χ4v) is 2.83. The smallest absolute Gasteiger partial charge is 0.416 e. The van der Waals surface area contributed by atoms with Crippen molar-refractivity contribution >= 4 is 11.3 Å². The van der Waals surface area contributed by atoms with Gasteiger partial charge in [-0.25, -0.2) is 5.43 Å². The van der Waals surface area contributed by atoms with Crippen molar-refractivity contribution in [2.24, 2.45) is 5.84 Å². The quantitative estimate of drug-likeness (QED) is 0.673. The van der Waals surface area contributed by atoms with Gasteiger partial charge in [0.1, 0.15) is 5.75 Å². The summed E-state index contributed by atoms with van der Waals surface area (Å²) < 4.78 is 44.3. The van der Waals surface area contributed by atoms with E-state index in [0.717, 1.165) is 18.5 Å². The summed E-state index contributed by atoms with van der Waals surface area (Å²) in [5.74, 6) is 5.92. The number of methoxy groups -OCH3 is 1. The Morgan fingerprint density at radius 3 is 2.75 bits per heavy atom. The third-order valence-corrected chi connectivity index (χ3v) is 3.74. The van der Waals surface area contributed by atoms with Crippen molar-refractivity contribution in [3.05, 3.63) is 45.9 Å². The minimum Gasteiger partial charge on any atom is -0.496 e. The van der Waals surface area contributed by atoms with E-state index < -0.39 is 17.8 Å². The van der Waals surface area contributed by atoms with Crippen LogP contribution in [0.15, 0.2) is 29.9 Å². The summed E-state index contributed by atoms with van der Waals surface area (Å²) in [4.78, 5) is 4.32. The fraction of sp³-hybridized carbons (Fsp3) is 0.250. The number of pyridine rings is 1. The lowest BCUT2D eigenvalue weighted by Gasteiger charge is -2.20. The number of aromatic nitrogens is 1. The number of hydrazine groups is 1. The Kier molecular flexibility index (Phi) is 4.26. The number of hydrogen-bond donors (Lipinski definition) is 2. The molecule has 1 atom stereocenters. The molecule has 0 aliphatic carbocycles. The third kappa shape index (κ3) is 2.77. The first-order valence-corrected chi connectivity index (χ1v) is 6.45. The molecule has 0 saturated carbocycles. The van der Waals surface area contributed by atoms with Crippen LogP contribution in [0.4, 0.5) is 13.2 Å². The lowest BCUT2D eigenvalue weighted by molar-refractivity contribution is -0.138. The Labute approximate surface area is 117 Å². The number of halogens is 3. The van der Waals surface area contributed by atoms with E-state index >= 15 is 0 Å². The van der Waals surface area contributed by atoms with E-state index in [-0.39, 0.29) is 5.56 Å². The predicted octanol–water partition coefficient (Wildman–Crippen LogP) is 2.72. The van der Waals surface area contributed by atoms with Gasteiger partial charge in [0.05, 0.1) is 23.6 Å². The average Bonchev–Trinajstić information content (AvgIpc) is 2.87. The molecule has 1 unspecified atom stereocenters. The fourth-order valence-electron chi connectivity index (χ4n) is 1.89. The zero-order valence-electron chi connectivity index (χ0n) is 10.4. The first kappa shape index (κ1) is 14.8. The molecule has 0 fully saturated rings. The zero-order valence-corrected chi connectivity index (χ0v) is 11.3. The van der Waals surface area contributed by atoms with Crippen LogP contribution in [0.5, 0.6) is 5.75 Å². The largest absolute Gasteiger partial charge is 0.496 e. The molecule has 0 aliphatic rings. The molecule has 0 bridgehead atoms. The number of hydrogen-bond acceptors (Lipinski definition) is 5. The van der Waals surface area contributed by atoms with Gasteiger partial charge in [-0.15, -0.1) is 11.3 Å². The van der Waals surface area contributed by atoms with Gasteiger partial charge in [0.25, 0.3) is 0 Å². The lowest BCUT2D eigenvalue weighted by atomic mass is 10.0. The van der Waals surface area contributed by atoms with Crippen molar-refractivity contribution in [3.63, 3.8) is 0 Å². The predicted molar refractivity (Wildman–Crippen MR) is 69.3 cm³/mol. The Balaban J connectivity index is 2.53. The maximum Gasteiger partial charge on any atom is 0.416 e. The van der Waals surface area contributed by atoms with Crippen molar-refractivity contribution in [2.45, 2.75) is 12.2 Å². The van der Waals surface area contributed by atoms with Crippen molar-refractivity contribution < 1.29 is 17.9 Å². The van der Waals surface area contributed by atoms with E-state index in [4.69, 9.17) is 10.6 Å². The van der Waals surface area contributed by atoms with Crippen molar-refractivity contribution in [2.75, 3.05) is 7.11 Å². The first-order valence-electron chi connectivity index (χ1n) is 5.57. The Bertz CT molecular complexity index is 585. The number of nitrogens with two attached hydrogens (primary N) is 1. The monoisotopic (exact) mass is 303 g/mol. The molecule has 0 amide bonds. The van der Waals surface area contributed by atoms with Crippen LogP contribution in [0.3, 0.4) is 0 Å². The normalized spacial score (nSPS) is 13.2. The minimum absolute atomic E-state index is 0.0387. The molecule has 2 heterocycles. The van der Waals surface area contributed by atoms with Crippen LogP contribution in [-0.4, -0.2) is 12.1 Å². The molecule has 108 valence electrons. The molecule has 0 saturated heterocycles. The van der Waals surface area contributed by atoms with E-state index in [1.807, 2.05) is 0 Å². The molecule has 4 nitrogen and oxygen atoms in total. The summed E-state index contributed by atoms with van der Waals surface area (Å²) in [7, 11) is 1.45. The second-order valence-corrected chi connectivity index (χ2v) is 4.86. The summed E-state index contributed by atoms with van der Waals surface area (Å²) >= 11 is 1.26. The summed E-state index contributed by atoms with van der Waals surface area (Å²) in [5.41, 5.74) is 1.59. The van der Waals surface area contributed by atoms with Gasteiger partial charge >= 0.3 is 6.18 Å². The van der Waals surface area contributed by atoms with E-state index in [1.54, 1.807) is 11.4 Å². The van der Waals surface area contributed by atoms with Crippen LogP contribution < -0.4 is 16.0 Å². The molecule has 0 radical (unpaired) electrons. The van der Waals surface area contributed by atoms with Gasteiger partial charge in [-0.3, -0.25) is 10.8 Å². The molecule has 0 aliphatic heterocycles. The van der Waals surface area contributed by atoms with Gasteiger partial charge in [0, 0.05) is 18.0 Å². The van der Waals surface area contributed by atoms with Crippen LogP contribution in [0, 0.1) is 0 Å². The van der Waals surface area contributed by atoms with E-state index in [0.29, 0.717) is 10.6 Å². The van der Waals surface area contributed by atoms with Gasteiger partial charge in [-0.2, -0.15) is 13.2 Å². The van der Waals surface area contributed by atoms with E-state index in [2.05, 4.69) is 10.4 Å². The van der Waals surface area contributed by atoms with Gasteiger partial charge in [-0.05, 0) is 17.5 Å². The standard InChI is InChI=1S/C12H12F3N3OS/c1-19-9-3-5-20-11(9)10(18-16)7-6-17-4-2-8(7)12(13,14)15/h2-6,10,18H,16H2,1H3. The summed E-state index contributed by atoms with van der Waals surface area (Å²) in [6.45, 7) is 0. The topological polar surface area (TPSA) is 60.2 Å². The van der Waals surface area contributed by atoms with Crippen LogP contribution >= 0.6 is 11.3 Å². The van der Waals surface area contributed by atoms with Crippen LogP contribution in [0.2, 0.25) is 0 Å².